The van der Waals surface area contributed by atoms with Crippen molar-refractivity contribution in [3.8, 4) is 45.0 Å². The quantitative estimate of drug-likeness (QED) is 0.157. The molecule has 0 atom stereocenters. The van der Waals surface area contributed by atoms with Crippen LogP contribution in [0.15, 0.2) is 231 Å². The summed E-state index contributed by atoms with van der Waals surface area (Å²) < 4.78 is 8.80. The van der Waals surface area contributed by atoms with E-state index in [1.54, 1.807) is 0 Å². The Kier molecular flexibility index (Phi) is 14.7. The van der Waals surface area contributed by atoms with Crippen LogP contribution in [-0.4, -0.2) is 0 Å². The molecule has 4 aromatic heterocycles. The molecule has 0 aliphatic carbocycles. The molecule has 4 nitrogen and oxygen atoms in total. The second kappa shape index (κ2) is 21.5. The topological polar surface area (TPSA) is 15.5 Å². The minimum Gasteiger partial charge on any atom is -0.201 e. The van der Waals surface area contributed by atoms with Crippen LogP contribution in [0, 0.1) is 27.7 Å². The summed E-state index contributed by atoms with van der Waals surface area (Å²) in [6.45, 7) is 8.62. The Balaban J connectivity index is 0.000000123. The first-order valence-corrected chi connectivity index (χ1v) is 23.4. The van der Waals surface area contributed by atoms with Crippen molar-refractivity contribution >= 4 is 32.4 Å². The third-order valence-electron chi connectivity index (χ3n) is 12.8. The highest BCUT2D eigenvalue weighted by Gasteiger charge is 2.17. The van der Waals surface area contributed by atoms with Gasteiger partial charge in [-0.05, 0) is 115 Å². The van der Waals surface area contributed by atoms with Crippen molar-refractivity contribution in [1.29, 1.82) is 0 Å². The largest absolute Gasteiger partial charge is 0.220 e. The van der Waals surface area contributed by atoms with E-state index in [4.69, 9.17) is 0 Å². The minimum absolute atomic E-state index is 1.26. The molecule has 4 heterocycles. The molecular weight excluding hydrogens is 825 g/mol. The summed E-state index contributed by atoms with van der Waals surface area (Å²) >= 11 is 0. The molecule has 11 rings (SSSR count). The second-order valence-corrected chi connectivity index (χ2v) is 17.6. The molecule has 0 saturated heterocycles. The van der Waals surface area contributed by atoms with E-state index in [0.29, 0.717) is 0 Å². The van der Waals surface area contributed by atoms with E-state index in [0.717, 1.165) is 0 Å². The maximum atomic E-state index is 2.26. The fourth-order valence-corrected chi connectivity index (χ4v) is 9.04. The summed E-state index contributed by atoms with van der Waals surface area (Å²) in [5, 5.41) is 6.43. The van der Waals surface area contributed by atoms with Gasteiger partial charge >= 0.3 is 0 Å². The van der Waals surface area contributed by atoms with Gasteiger partial charge in [-0.15, -0.1) is 0 Å². The number of fused-ring (bicyclic) bond motifs is 3. The van der Waals surface area contributed by atoms with E-state index in [-0.39, 0.29) is 0 Å². The van der Waals surface area contributed by atoms with Crippen LogP contribution < -0.4 is 18.3 Å². The van der Waals surface area contributed by atoms with Gasteiger partial charge in [-0.3, -0.25) is 0 Å². The van der Waals surface area contributed by atoms with Crippen LogP contribution >= 0.6 is 0 Å². The third kappa shape index (κ3) is 10.5. The van der Waals surface area contributed by atoms with Gasteiger partial charge in [0.15, 0.2) is 18.6 Å². The highest BCUT2D eigenvalue weighted by atomic mass is 14.9. The first-order valence-electron chi connectivity index (χ1n) is 23.4. The van der Waals surface area contributed by atoms with E-state index >= 15 is 0 Å². The predicted molar refractivity (Wildman–Crippen MR) is 284 cm³/mol. The summed E-state index contributed by atoms with van der Waals surface area (Å²) in [6.07, 6.45) is 6.39. The molecular formula is C64H62N4+4. The number of hydrogen-bond acceptors (Lipinski definition) is 0. The first kappa shape index (κ1) is 46.4. The number of hydrogen-bond donors (Lipinski definition) is 0. The second-order valence-electron chi connectivity index (χ2n) is 17.6. The first-order chi connectivity index (χ1) is 33.1. The Morgan fingerprint density at radius 2 is 0.765 bits per heavy atom. The van der Waals surface area contributed by atoms with E-state index in [2.05, 4.69) is 299 Å². The number of nitrogens with zero attached hydrogens (tertiary/aromatic N) is 4. The number of pyridine rings is 4. The Bertz CT molecular complexity index is 3420. The lowest BCUT2D eigenvalue weighted by Crippen LogP contribution is -2.32. The van der Waals surface area contributed by atoms with Crippen molar-refractivity contribution in [2.24, 2.45) is 28.2 Å². The average Bonchev–Trinajstić information content (AvgIpc) is 3.36. The SMILES string of the molecule is Cc1ccccc1-c1c2ccccc2cc[n+]1C.Cc1ccccc1-c1cc2ccccc2c[n+]1C.Cc1ccccc1-c1ccc2ccccc2[n+]1C.Cc1ccccc1-c1cccc[n+]1C. The molecule has 334 valence electrons. The van der Waals surface area contributed by atoms with Crippen molar-refractivity contribution in [2.75, 3.05) is 0 Å². The number of aryl methyl sites for hydroxylation is 8. The van der Waals surface area contributed by atoms with Gasteiger partial charge in [-0.25, -0.2) is 13.7 Å². The average molecular weight is 887 g/mol. The maximum Gasteiger partial charge on any atom is 0.220 e. The van der Waals surface area contributed by atoms with Gasteiger partial charge in [0, 0.05) is 69.4 Å². The molecule has 7 aromatic carbocycles. The van der Waals surface area contributed by atoms with Crippen LogP contribution in [0.3, 0.4) is 0 Å². The zero-order chi connectivity index (χ0) is 47.6. The lowest BCUT2D eigenvalue weighted by molar-refractivity contribution is -0.660. The summed E-state index contributed by atoms with van der Waals surface area (Å²) in [4.78, 5) is 0. The molecule has 0 saturated carbocycles. The Morgan fingerprint density at radius 3 is 1.37 bits per heavy atom. The predicted octanol–water partition coefficient (Wildman–Crippen LogP) is 13.4. The fourth-order valence-electron chi connectivity index (χ4n) is 9.04. The smallest absolute Gasteiger partial charge is 0.201 e. The zero-order valence-electron chi connectivity index (χ0n) is 40.7. The summed E-state index contributed by atoms with van der Waals surface area (Å²) in [6, 6.07) is 74.6. The van der Waals surface area contributed by atoms with Crippen molar-refractivity contribution in [1.82, 2.24) is 0 Å². The highest BCUT2D eigenvalue weighted by Crippen LogP contribution is 2.28. The summed E-state index contributed by atoms with van der Waals surface area (Å²) in [7, 11) is 8.41. The van der Waals surface area contributed by atoms with E-state index in [1.165, 1.54) is 99.7 Å². The molecule has 0 N–H and O–H groups in total. The monoisotopic (exact) mass is 886 g/mol. The van der Waals surface area contributed by atoms with Gasteiger partial charge in [0.05, 0.1) is 5.39 Å². The molecule has 0 amide bonds. The van der Waals surface area contributed by atoms with Gasteiger partial charge < -0.3 is 0 Å². The Hall–Kier alpha value is -8.08. The zero-order valence-corrected chi connectivity index (χ0v) is 40.7. The van der Waals surface area contributed by atoms with Crippen molar-refractivity contribution in [3.63, 3.8) is 0 Å². The summed E-state index contributed by atoms with van der Waals surface area (Å²) in [5.74, 6) is 0. The number of rotatable bonds is 4. The molecule has 0 radical (unpaired) electrons. The van der Waals surface area contributed by atoms with E-state index in [9.17, 15) is 0 Å². The number of aromatic nitrogens is 4. The molecule has 0 bridgehead atoms. The van der Waals surface area contributed by atoms with Crippen molar-refractivity contribution in [3.05, 3.63) is 253 Å². The maximum absolute atomic E-state index is 2.26. The van der Waals surface area contributed by atoms with Crippen molar-refractivity contribution in [2.45, 2.75) is 27.7 Å². The highest BCUT2D eigenvalue weighted by molar-refractivity contribution is 5.93. The van der Waals surface area contributed by atoms with Gasteiger partial charge in [-0.2, -0.15) is 4.57 Å². The van der Waals surface area contributed by atoms with Gasteiger partial charge in [0.2, 0.25) is 28.3 Å². The lowest BCUT2D eigenvalue weighted by Gasteiger charge is -2.07. The Labute approximate surface area is 403 Å². The van der Waals surface area contributed by atoms with Crippen LogP contribution in [0.2, 0.25) is 0 Å². The molecule has 11 aromatic rings. The molecule has 0 spiro atoms. The van der Waals surface area contributed by atoms with Gasteiger partial charge in [0.1, 0.15) is 28.2 Å². The van der Waals surface area contributed by atoms with E-state index in [1.807, 2.05) is 6.07 Å². The standard InChI is InChI=1S/3C17H16N.C13H14N/c1-13-7-3-6-10-16(13)17-11-14-8-4-5-9-15(14)12-18(17)2;1-13-7-3-5-9-15(13)17-16-10-6-4-8-14(16)11-12-18(17)2;1-13-7-3-5-9-15(13)17-12-11-14-8-4-6-10-16(14)18(17)2;1-11-7-3-4-8-12(11)13-9-5-6-10-14(13)2/h3*3-12H,1-2H3;3-10H,1-2H3/q4*+1. The van der Waals surface area contributed by atoms with Gasteiger partial charge in [0.25, 0.3) is 0 Å². The van der Waals surface area contributed by atoms with Crippen LogP contribution in [0.1, 0.15) is 22.3 Å². The van der Waals surface area contributed by atoms with Crippen LogP contribution in [0.5, 0.6) is 0 Å². The number of benzene rings is 7. The molecule has 0 unspecified atom stereocenters. The van der Waals surface area contributed by atoms with Crippen LogP contribution in [0.25, 0.3) is 77.5 Å². The molecule has 4 heteroatoms. The van der Waals surface area contributed by atoms with Crippen LogP contribution in [0.4, 0.5) is 0 Å². The van der Waals surface area contributed by atoms with Crippen LogP contribution in [-0.2, 0) is 28.2 Å². The summed E-state index contributed by atoms with van der Waals surface area (Å²) in [5.41, 5.74) is 16.8. The van der Waals surface area contributed by atoms with Crippen molar-refractivity contribution < 1.29 is 18.3 Å². The van der Waals surface area contributed by atoms with Gasteiger partial charge in [-0.1, -0.05) is 121 Å². The number of para-hydroxylation sites is 1. The normalized spacial score (nSPS) is 10.6. The lowest BCUT2D eigenvalue weighted by atomic mass is 10.00. The Morgan fingerprint density at radius 1 is 0.294 bits per heavy atom. The molecule has 0 aliphatic rings. The minimum atomic E-state index is 1.26. The third-order valence-corrected chi connectivity index (χ3v) is 12.8. The molecule has 0 aliphatic heterocycles. The fraction of sp³-hybridized carbons (Fsp3) is 0.125. The molecule has 68 heavy (non-hydrogen) atoms. The van der Waals surface area contributed by atoms with E-state index < -0.39 is 0 Å². The molecule has 0 fully saturated rings.